The average Bonchev–Trinajstić information content (AvgIpc) is 3.19. The molecule has 0 bridgehead atoms. The molecule has 0 unspecified atom stereocenters. The first-order valence-electron chi connectivity index (χ1n) is 5.99. The van der Waals surface area contributed by atoms with Gasteiger partial charge in [-0.05, 0) is 10.3 Å². The Morgan fingerprint density at radius 3 is 2.25 bits per heavy atom. The van der Waals surface area contributed by atoms with Crippen LogP contribution in [0.1, 0.15) is 10.4 Å². The van der Waals surface area contributed by atoms with Crippen LogP contribution in [0.3, 0.4) is 0 Å². The fourth-order valence-corrected chi connectivity index (χ4v) is 2.27. The third kappa shape index (κ3) is 5.14. The molecule has 3 heteroatoms. The van der Waals surface area contributed by atoms with Gasteiger partial charge in [-0.3, -0.25) is 0 Å². The van der Waals surface area contributed by atoms with Crippen molar-refractivity contribution >= 4 is 29.3 Å². The van der Waals surface area contributed by atoms with Gasteiger partial charge in [0.2, 0.25) is 0 Å². The second-order valence-corrected chi connectivity index (χ2v) is 4.85. The van der Waals surface area contributed by atoms with Gasteiger partial charge in [0.25, 0.3) is 0 Å². The van der Waals surface area contributed by atoms with E-state index in [1.807, 2.05) is 78.2 Å². The SMILES string of the molecule is O=CC(=Cc1cccs1)[c-]1cccc1.[Fe+2].c1cc[cH-]c1. The third-order valence-corrected chi connectivity index (χ3v) is 3.34. The molecule has 0 aliphatic carbocycles. The van der Waals surface area contributed by atoms with Gasteiger partial charge in [-0.1, -0.05) is 29.3 Å². The molecule has 1 aromatic heterocycles. The smallest absolute Gasteiger partial charge is 0.344 e. The van der Waals surface area contributed by atoms with E-state index < -0.39 is 0 Å². The molecular weight excluding hydrogens is 308 g/mol. The van der Waals surface area contributed by atoms with Gasteiger partial charge in [-0.25, -0.2) is 12.1 Å². The van der Waals surface area contributed by atoms with E-state index in [2.05, 4.69) is 0 Å². The van der Waals surface area contributed by atoms with Crippen LogP contribution in [0.2, 0.25) is 0 Å². The number of thiophene rings is 1. The van der Waals surface area contributed by atoms with Gasteiger partial charge in [0.1, 0.15) is 0 Å². The van der Waals surface area contributed by atoms with Crippen LogP contribution in [-0.4, -0.2) is 6.29 Å². The Bertz CT molecular complexity index is 572. The zero-order valence-electron chi connectivity index (χ0n) is 10.8. The minimum atomic E-state index is 0. The maximum atomic E-state index is 10.9. The van der Waals surface area contributed by atoms with Gasteiger partial charge in [0.05, 0.1) is 6.29 Å². The van der Waals surface area contributed by atoms with Crippen LogP contribution in [0.4, 0.5) is 0 Å². The predicted octanol–water partition coefficient (Wildman–Crippen LogP) is 4.61. The molecule has 0 fully saturated rings. The molecule has 0 aliphatic heterocycles. The molecule has 1 heterocycles. The van der Waals surface area contributed by atoms with E-state index in [9.17, 15) is 4.79 Å². The van der Waals surface area contributed by atoms with Crippen molar-refractivity contribution in [2.45, 2.75) is 0 Å². The summed E-state index contributed by atoms with van der Waals surface area (Å²) in [4.78, 5) is 12.0. The van der Waals surface area contributed by atoms with E-state index in [1.54, 1.807) is 11.3 Å². The maximum absolute atomic E-state index is 10.9. The number of aldehydes is 1. The van der Waals surface area contributed by atoms with Crippen molar-refractivity contribution in [3.63, 3.8) is 0 Å². The minimum absolute atomic E-state index is 0. The van der Waals surface area contributed by atoms with Crippen LogP contribution >= 0.6 is 11.3 Å². The van der Waals surface area contributed by atoms with Crippen LogP contribution in [-0.2, 0) is 21.9 Å². The number of carbonyl (C=O) groups is 1. The van der Waals surface area contributed by atoms with E-state index >= 15 is 0 Å². The van der Waals surface area contributed by atoms with Crippen molar-refractivity contribution in [3.8, 4) is 0 Å². The number of hydrogen-bond donors (Lipinski definition) is 0. The van der Waals surface area contributed by atoms with E-state index in [4.69, 9.17) is 0 Å². The van der Waals surface area contributed by atoms with Gasteiger partial charge in [-0.15, -0.1) is 12.1 Å². The Labute approximate surface area is 133 Å². The fraction of sp³-hybridized carbons (Fsp3) is 0. The quantitative estimate of drug-likeness (QED) is 0.298. The fourth-order valence-electron chi connectivity index (χ4n) is 1.60. The third-order valence-electron chi connectivity index (χ3n) is 2.52. The number of carbonyl (C=O) groups excluding carboxylic acids is 1. The first kappa shape index (κ1) is 16.4. The zero-order chi connectivity index (χ0) is 13.3. The Morgan fingerprint density at radius 2 is 1.80 bits per heavy atom. The van der Waals surface area contributed by atoms with Crippen LogP contribution in [0.5, 0.6) is 0 Å². The second-order valence-electron chi connectivity index (χ2n) is 3.87. The number of rotatable bonds is 3. The van der Waals surface area contributed by atoms with Crippen molar-refractivity contribution in [2.24, 2.45) is 0 Å². The van der Waals surface area contributed by atoms with Crippen LogP contribution in [0.25, 0.3) is 11.6 Å². The molecular formula is C17H14FeOS. The standard InChI is InChI=1S/C12H9OS.C5H5.Fe/c13-9-11(10-4-1-2-5-10)8-12-6-3-7-14-12;1-2-4-5-3-1;/h1-9H;1-5H;/q2*-1;+2. The molecule has 0 aliphatic rings. The largest absolute Gasteiger partial charge is 2.00 e. The second kappa shape index (κ2) is 9.27. The molecule has 0 spiro atoms. The summed E-state index contributed by atoms with van der Waals surface area (Å²) in [7, 11) is 0. The molecule has 3 aromatic rings. The van der Waals surface area contributed by atoms with Crippen molar-refractivity contribution in [2.75, 3.05) is 0 Å². The van der Waals surface area contributed by atoms with Crippen molar-refractivity contribution in [1.82, 2.24) is 0 Å². The first-order chi connectivity index (χ1) is 9.40. The molecule has 102 valence electrons. The summed E-state index contributed by atoms with van der Waals surface area (Å²) in [5, 5.41) is 2.00. The zero-order valence-corrected chi connectivity index (χ0v) is 12.7. The van der Waals surface area contributed by atoms with Crippen molar-refractivity contribution < 1.29 is 21.9 Å². The molecule has 0 saturated heterocycles. The first-order valence-corrected chi connectivity index (χ1v) is 6.87. The summed E-state index contributed by atoms with van der Waals surface area (Å²) in [5.74, 6) is 0. The van der Waals surface area contributed by atoms with Crippen LogP contribution in [0.15, 0.2) is 72.1 Å². The van der Waals surface area contributed by atoms with Gasteiger partial charge >= 0.3 is 17.1 Å². The minimum Gasteiger partial charge on any atom is -0.344 e. The number of allylic oxidation sites excluding steroid dienone is 1. The number of hydrogen-bond acceptors (Lipinski definition) is 2. The molecule has 0 N–H and O–H groups in total. The van der Waals surface area contributed by atoms with Gasteiger partial charge in [0, 0.05) is 0 Å². The molecule has 1 nitrogen and oxygen atoms in total. The van der Waals surface area contributed by atoms with E-state index in [1.165, 1.54) is 0 Å². The Kier molecular flexibility index (Phi) is 7.59. The topological polar surface area (TPSA) is 17.1 Å². The summed E-state index contributed by atoms with van der Waals surface area (Å²) in [6.45, 7) is 0. The normalized spacial score (nSPS) is 10.1. The Morgan fingerprint density at radius 1 is 1.10 bits per heavy atom. The molecule has 20 heavy (non-hydrogen) atoms. The van der Waals surface area contributed by atoms with E-state index in [-0.39, 0.29) is 17.1 Å². The van der Waals surface area contributed by atoms with Crippen LogP contribution < -0.4 is 0 Å². The average molecular weight is 322 g/mol. The summed E-state index contributed by atoms with van der Waals surface area (Å²) in [6, 6.07) is 21.7. The molecule has 0 amide bonds. The van der Waals surface area contributed by atoms with Crippen molar-refractivity contribution in [3.05, 3.63) is 82.6 Å². The van der Waals surface area contributed by atoms with E-state index in [0.717, 1.165) is 22.3 Å². The molecule has 3 rings (SSSR count). The summed E-state index contributed by atoms with van der Waals surface area (Å²) in [5.41, 5.74) is 1.71. The van der Waals surface area contributed by atoms with Gasteiger partial charge in [0.15, 0.2) is 0 Å². The monoisotopic (exact) mass is 322 g/mol. The summed E-state index contributed by atoms with van der Waals surface area (Å²) < 4.78 is 0. The maximum Gasteiger partial charge on any atom is 2.00 e. The summed E-state index contributed by atoms with van der Waals surface area (Å²) >= 11 is 1.63. The predicted molar refractivity (Wildman–Crippen MR) is 82.3 cm³/mol. The van der Waals surface area contributed by atoms with E-state index in [0.29, 0.717) is 0 Å². The van der Waals surface area contributed by atoms with Gasteiger partial charge < -0.3 is 4.79 Å². The molecule has 2 aromatic carbocycles. The Hall–Kier alpha value is -1.67. The summed E-state index contributed by atoms with van der Waals surface area (Å²) in [6.07, 6.45) is 2.81. The van der Waals surface area contributed by atoms with Gasteiger partial charge in [-0.2, -0.15) is 41.7 Å². The van der Waals surface area contributed by atoms with Crippen LogP contribution in [0, 0.1) is 0 Å². The van der Waals surface area contributed by atoms with Crippen molar-refractivity contribution in [1.29, 1.82) is 0 Å². The Balaban J connectivity index is 0.000000283. The molecule has 0 atom stereocenters. The molecule has 0 saturated carbocycles. The molecule has 0 radical (unpaired) electrons.